The molecule has 0 aliphatic rings. The molecule has 3 atom stereocenters. The number of carbonyl (C=O) groups excluding carboxylic acids is 1. The van der Waals surface area contributed by atoms with Crippen LogP contribution in [0.15, 0.2) is 12.2 Å². The molecule has 0 saturated heterocycles. The third kappa shape index (κ3) is 14.3. The zero-order valence-corrected chi connectivity index (χ0v) is 29.9. The van der Waals surface area contributed by atoms with E-state index in [0.29, 0.717) is 5.92 Å². The fourth-order valence-electron chi connectivity index (χ4n) is 5.84. The first kappa shape index (κ1) is 38.6. The van der Waals surface area contributed by atoms with Crippen molar-refractivity contribution in [2.75, 3.05) is 0 Å². The van der Waals surface area contributed by atoms with Gasteiger partial charge in [0.05, 0.1) is 12.2 Å². The molecule has 0 aromatic carbocycles. The van der Waals surface area contributed by atoms with E-state index in [9.17, 15) is 4.79 Å². The first-order valence-electron chi connectivity index (χ1n) is 16.9. The van der Waals surface area contributed by atoms with Crippen LogP contribution in [0.4, 0.5) is 0 Å². The lowest BCUT2D eigenvalue weighted by Gasteiger charge is -2.40. The number of carbonyl (C=O) groups is 1. The highest BCUT2D eigenvalue weighted by atomic mass is 28.4. The minimum Gasteiger partial charge on any atom is -0.458 e. The number of esters is 1. The predicted molar refractivity (Wildman–Crippen MR) is 176 cm³/mol. The number of rotatable bonds is 25. The Kier molecular flexibility index (Phi) is 21.9. The Bertz CT molecular complexity index is 607. The van der Waals surface area contributed by atoms with Crippen LogP contribution in [-0.2, 0) is 18.4 Å². The minimum absolute atomic E-state index is 0.0681. The van der Waals surface area contributed by atoms with Crippen LogP contribution in [-0.4, -0.2) is 40.9 Å². The molecule has 4 nitrogen and oxygen atoms in total. The molecule has 0 unspecified atom stereocenters. The summed E-state index contributed by atoms with van der Waals surface area (Å²) in [4.78, 5) is 12.2. The van der Waals surface area contributed by atoms with E-state index in [1.165, 1.54) is 19.3 Å². The predicted octanol–water partition coefficient (Wildman–Crippen LogP) is 10.8. The first-order valence-corrected chi connectivity index (χ1v) is 22.0. The van der Waals surface area contributed by atoms with Crippen molar-refractivity contribution < 1.29 is 18.4 Å². The van der Waals surface area contributed by atoms with E-state index in [1.807, 2.05) is 0 Å². The van der Waals surface area contributed by atoms with E-state index in [2.05, 4.69) is 74.5 Å². The summed E-state index contributed by atoms with van der Waals surface area (Å²) in [6.07, 6.45) is 15.7. The standard InChI is InChI=1S/C33H68O4Si2/c1-11-20-23-26-32(36-38(14-4,15-5)16-6)33(37-39(17-7,18-8)19-9)28-27-31(35-29(10)34)30(24-21-12-2)25-22-13-3/h27-28,30-33H,11-26H2,1-10H3/b28-27+/t31-,32+,33+/m0/s1. The smallest absolute Gasteiger partial charge is 0.303 e. The van der Waals surface area contributed by atoms with E-state index in [1.54, 1.807) is 6.92 Å². The Balaban J connectivity index is 6.59. The highest BCUT2D eigenvalue weighted by Crippen LogP contribution is 2.32. The molecule has 0 aliphatic carbocycles. The van der Waals surface area contributed by atoms with Gasteiger partial charge < -0.3 is 13.6 Å². The van der Waals surface area contributed by atoms with Crippen LogP contribution in [0.2, 0.25) is 36.3 Å². The molecule has 0 N–H and O–H groups in total. The maximum absolute atomic E-state index is 12.2. The van der Waals surface area contributed by atoms with Gasteiger partial charge in [0, 0.05) is 6.92 Å². The van der Waals surface area contributed by atoms with E-state index in [-0.39, 0.29) is 24.3 Å². The number of hydrogen-bond donors (Lipinski definition) is 0. The lowest BCUT2D eigenvalue weighted by molar-refractivity contribution is -0.146. The van der Waals surface area contributed by atoms with E-state index in [0.717, 1.165) is 81.2 Å². The van der Waals surface area contributed by atoms with Crippen molar-refractivity contribution in [3.63, 3.8) is 0 Å². The summed E-state index contributed by atoms with van der Waals surface area (Å²) in [6, 6.07) is 6.78. The van der Waals surface area contributed by atoms with Crippen molar-refractivity contribution in [3.05, 3.63) is 12.2 Å². The maximum atomic E-state index is 12.2. The van der Waals surface area contributed by atoms with Gasteiger partial charge >= 0.3 is 5.97 Å². The normalized spacial score (nSPS) is 15.2. The van der Waals surface area contributed by atoms with Gasteiger partial charge in [-0.05, 0) is 67.5 Å². The Morgan fingerprint density at radius 3 is 1.44 bits per heavy atom. The molecule has 0 aromatic rings. The number of ether oxygens (including phenoxy) is 1. The summed E-state index contributed by atoms with van der Waals surface area (Å²) in [5, 5.41) is 0. The zero-order valence-electron chi connectivity index (χ0n) is 27.9. The highest BCUT2D eigenvalue weighted by molar-refractivity contribution is 6.74. The van der Waals surface area contributed by atoms with Crippen LogP contribution in [0.5, 0.6) is 0 Å². The van der Waals surface area contributed by atoms with Gasteiger partial charge in [-0.15, -0.1) is 0 Å². The molecule has 0 aliphatic heterocycles. The molecule has 0 fully saturated rings. The average Bonchev–Trinajstić information content (AvgIpc) is 2.95. The fourth-order valence-corrected chi connectivity index (χ4v) is 11.5. The van der Waals surface area contributed by atoms with Gasteiger partial charge in [0.2, 0.25) is 0 Å². The molecular formula is C33H68O4Si2. The third-order valence-electron chi connectivity index (χ3n) is 9.23. The van der Waals surface area contributed by atoms with Crippen molar-refractivity contribution in [1.29, 1.82) is 0 Å². The van der Waals surface area contributed by atoms with Gasteiger partial charge in [-0.3, -0.25) is 4.79 Å². The lowest BCUT2D eigenvalue weighted by atomic mass is 9.90. The molecular weight excluding hydrogens is 517 g/mol. The average molecular weight is 585 g/mol. The fraction of sp³-hybridized carbons (Fsp3) is 0.909. The van der Waals surface area contributed by atoms with E-state index >= 15 is 0 Å². The molecule has 39 heavy (non-hydrogen) atoms. The Morgan fingerprint density at radius 1 is 0.590 bits per heavy atom. The highest BCUT2D eigenvalue weighted by Gasteiger charge is 2.39. The van der Waals surface area contributed by atoms with Gasteiger partial charge in [0.1, 0.15) is 6.10 Å². The quantitative estimate of drug-likeness (QED) is 0.0463. The first-order chi connectivity index (χ1) is 18.7. The number of unbranched alkanes of at least 4 members (excludes halogenated alkanes) is 4. The summed E-state index contributed by atoms with van der Waals surface area (Å²) >= 11 is 0. The molecule has 0 saturated carbocycles. The molecule has 6 heteroatoms. The Morgan fingerprint density at radius 2 is 1.03 bits per heavy atom. The summed E-state index contributed by atoms with van der Waals surface area (Å²) in [7, 11) is -3.73. The summed E-state index contributed by atoms with van der Waals surface area (Å²) in [6.45, 7) is 22.2. The Hall–Kier alpha value is -0.436. The van der Waals surface area contributed by atoms with Crippen LogP contribution in [0.25, 0.3) is 0 Å². The lowest BCUT2D eigenvalue weighted by Crippen LogP contribution is -2.49. The zero-order chi connectivity index (χ0) is 29.7. The van der Waals surface area contributed by atoms with Crippen LogP contribution in [0.1, 0.15) is 133 Å². The monoisotopic (exact) mass is 584 g/mol. The largest absolute Gasteiger partial charge is 0.458 e. The topological polar surface area (TPSA) is 44.8 Å². The van der Waals surface area contributed by atoms with Crippen LogP contribution in [0, 0.1) is 5.92 Å². The van der Waals surface area contributed by atoms with E-state index in [4.69, 9.17) is 13.6 Å². The van der Waals surface area contributed by atoms with Crippen LogP contribution < -0.4 is 0 Å². The van der Waals surface area contributed by atoms with E-state index < -0.39 is 16.6 Å². The molecule has 0 rings (SSSR count). The van der Waals surface area contributed by atoms with Crippen LogP contribution in [0.3, 0.4) is 0 Å². The van der Waals surface area contributed by atoms with Crippen molar-refractivity contribution in [3.8, 4) is 0 Å². The number of hydrogen-bond acceptors (Lipinski definition) is 4. The summed E-state index contributed by atoms with van der Waals surface area (Å²) < 4.78 is 20.5. The van der Waals surface area contributed by atoms with Gasteiger partial charge in [-0.1, -0.05) is 113 Å². The third-order valence-corrected chi connectivity index (χ3v) is 18.5. The SMILES string of the molecule is CCCCC[C@@H](O[Si](CC)(CC)CC)[C@@H](/C=C/[C@H](OC(C)=O)C(CCCC)CCCC)O[Si](CC)(CC)CC. The molecule has 0 heterocycles. The molecule has 0 aromatic heterocycles. The second-order valence-electron chi connectivity index (χ2n) is 11.7. The van der Waals surface area contributed by atoms with Crippen molar-refractivity contribution in [1.82, 2.24) is 0 Å². The summed E-state index contributed by atoms with van der Waals surface area (Å²) in [5.74, 6) is 0.163. The summed E-state index contributed by atoms with van der Waals surface area (Å²) in [5.41, 5.74) is 0. The van der Waals surface area contributed by atoms with Crippen molar-refractivity contribution >= 4 is 22.6 Å². The molecule has 0 spiro atoms. The van der Waals surface area contributed by atoms with Gasteiger partial charge in [0.25, 0.3) is 0 Å². The maximum Gasteiger partial charge on any atom is 0.303 e. The van der Waals surface area contributed by atoms with Crippen molar-refractivity contribution in [2.24, 2.45) is 5.92 Å². The van der Waals surface area contributed by atoms with Gasteiger partial charge in [0.15, 0.2) is 16.6 Å². The minimum atomic E-state index is -1.89. The Labute approximate surface area is 246 Å². The van der Waals surface area contributed by atoms with Crippen LogP contribution >= 0.6 is 0 Å². The van der Waals surface area contributed by atoms with Crippen molar-refractivity contribution in [2.45, 2.75) is 188 Å². The molecule has 0 bridgehead atoms. The molecule has 232 valence electrons. The second kappa shape index (κ2) is 22.2. The molecule has 0 radical (unpaired) electrons. The molecule has 0 amide bonds. The van der Waals surface area contributed by atoms with Gasteiger partial charge in [-0.2, -0.15) is 0 Å². The second-order valence-corrected chi connectivity index (χ2v) is 21.2. The van der Waals surface area contributed by atoms with Gasteiger partial charge in [-0.25, -0.2) is 0 Å².